The van der Waals surface area contributed by atoms with Gasteiger partial charge in [0, 0.05) is 9.13 Å². The van der Waals surface area contributed by atoms with Gasteiger partial charge in [-0.2, -0.15) is 5.10 Å². The van der Waals surface area contributed by atoms with Gasteiger partial charge in [-0.05, 0) is 87.3 Å². The quantitative estimate of drug-likeness (QED) is 0.286. The molecule has 5 nitrogen and oxygen atoms in total. The molecule has 138 valence electrons. The van der Waals surface area contributed by atoms with Gasteiger partial charge in [0.2, 0.25) is 0 Å². The normalized spacial score (nSPS) is 12.2. The maximum atomic E-state index is 11.8. The van der Waals surface area contributed by atoms with Gasteiger partial charge in [0.1, 0.15) is 11.5 Å². The van der Waals surface area contributed by atoms with Gasteiger partial charge in [-0.3, -0.25) is 4.79 Å². The molecular weight excluding hydrogens is 558 g/mol. The zero-order chi connectivity index (χ0) is 19.1. The average molecular weight is 578 g/mol. The monoisotopic (exact) mass is 578 g/mol. The van der Waals surface area contributed by atoms with E-state index in [9.17, 15) is 9.90 Å². The molecule has 0 saturated heterocycles. The number of nitrogens with one attached hydrogen (secondary N) is 1. The van der Waals surface area contributed by atoms with Gasteiger partial charge in [-0.15, -0.1) is 0 Å². The molecule has 0 aliphatic carbocycles. The number of nitrogens with zero attached hydrogens (tertiary/aromatic N) is 1. The third-order valence-electron chi connectivity index (χ3n) is 3.88. The van der Waals surface area contributed by atoms with Crippen molar-refractivity contribution < 1.29 is 14.6 Å². The SMILES string of the molecule is CCC(C)c1ccc(OCC(=O)NN=Cc2cc(I)cc(I)c2O)cc1. The fraction of sp³-hybridized carbons (Fsp3) is 0.263. The predicted octanol–water partition coefficient (Wildman–Crippen LogP) is 4.64. The third-order valence-corrected chi connectivity index (χ3v) is 5.33. The van der Waals surface area contributed by atoms with Gasteiger partial charge in [0.05, 0.1) is 9.78 Å². The number of carbonyl (C=O) groups excluding carboxylic acids is 1. The fourth-order valence-electron chi connectivity index (χ4n) is 2.17. The molecule has 2 rings (SSSR count). The first-order valence-corrected chi connectivity index (χ1v) is 10.3. The van der Waals surface area contributed by atoms with Crippen LogP contribution in [-0.4, -0.2) is 23.8 Å². The first-order chi connectivity index (χ1) is 12.4. The highest BCUT2D eigenvalue weighted by Crippen LogP contribution is 2.25. The number of phenols is 1. The molecule has 2 aromatic rings. The van der Waals surface area contributed by atoms with Crippen molar-refractivity contribution in [3.05, 3.63) is 54.7 Å². The summed E-state index contributed by atoms with van der Waals surface area (Å²) in [5.41, 5.74) is 4.19. The van der Waals surface area contributed by atoms with Gasteiger partial charge in [-0.1, -0.05) is 26.0 Å². The molecule has 7 heteroatoms. The number of ether oxygens (including phenoxy) is 1. The highest BCUT2D eigenvalue weighted by molar-refractivity contribution is 14.1. The number of hydrogen-bond acceptors (Lipinski definition) is 4. The Morgan fingerprint density at radius 1 is 1.31 bits per heavy atom. The van der Waals surface area contributed by atoms with Crippen LogP contribution in [0.25, 0.3) is 0 Å². The lowest BCUT2D eigenvalue weighted by molar-refractivity contribution is -0.123. The summed E-state index contributed by atoms with van der Waals surface area (Å²) >= 11 is 4.20. The largest absolute Gasteiger partial charge is 0.506 e. The molecule has 0 aliphatic rings. The van der Waals surface area contributed by atoms with Crippen molar-refractivity contribution >= 4 is 57.3 Å². The smallest absolute Gasteiger partial charge is 0.277 e. The summed E-state index contributed by atoms with van der Waals surface area (Å²) in [5, 5.41) is 13.9. The molecule has 26 heavy (non-hydrogen) atoms. The van der Waals surface area contributed by atoms with Crippen molar-refractivity contribution in [3.8, 4) is 11.5 Å². The summed E-state index contributed by atoms with van der Waals surface area (Å²) < 4.78 is 7.17. The number of hydrogen-bond donors (Lipinski definition) is 2. The molecule has 0 aliphatic heterocycles. The molecule has 0 fully saturated rings. The van der Waals surface area contributed by atoms with Crippen LogP contribution in [-0.2, 0) is 4.79 Å². The standard InChI is InChI=1S/C19H20I2N2O3/c1-3-12(2)13-4-6-16(7-5-13)26-11-18(24)23-22-10-14-8-15(20)9-17(21)19(14)25/h4-10,12,25H,3,11H2,1-2H3,(H,23,24). The van der Waals surface area contributed by atoms with Crippen molar-refractivity contribution in [2.45, 2.75) is 26.2 Å². The molecule has 1 atom stereocenters. The molecule has 0 bridgehead atoms. The molecule has 1 amide bonds. The van der Waals surface area contributed by atoms with Crippen LogP contribution in [0.3, 0.4) is 0 Å². The summed E-state index contributed by atoms with van der Waals surface area (Å²) in [7, 11) is 0. The van der Waals surface area contributed by atoms with Gasteiger partial charge >= 0.3 is 0 Å². The van der Waals surface area contributed by atoms with Crippen LogP contribution in [0.5, 0.6) is 11.5 Å². The van der Waals surface area contributed by atoms with Crippen molar-refractivity contribution in [2.75, 3.05) is 6.61 Å². The van der Waals surface area contributed by atoms with Crippen LogP contribution in [0.1, 0.15) is 37.3 Å². The van der Waals surface area contributed by atoms with Crippen LogP contribution in [0.15, 0.2) is 41.5 Å². The fourth-order valence-corrected chi connectivity index (χ4v) is 4.06. The number of hydrazone groups is 1. The number of halogens is 2. The Hall–Kier alpha value is -1.36. The Kier molecular flexibility index (Phi) is 8.14. The van der Waals surface area contributed by atoms with E-state index >= 15 is 0 Å². The highest BCUT2D eigenvalue weighted by atomic mass is 127. The summed E-state index contributed by atoms with van der Waals surface area (Å²) in [6, 6.07) is 11.4. The Labute approximate surface area is 180 Å². The van der Waals surface area contributed by atoms with E-state index in [1.807, 2.05) is 52.9 Å². The van der Waals surface area contributed by atoms with E-state index in [-0.39, 0.29) is 18.3 Å². The van der Waals surface area contributed by atoms with E-state index in [1.54, 1.807) is 6.07 Å². The lowest BCUT2D eigenvalue weighted by atomic mass is 9.99. The Balaban J connectivity index is 1.86. The van der Waals surface area contributed by atoms with Crippen molar-refractivity contribution in [1.82, 2.24) is 5.43 Å². The van der Waals surface area contributed by atoms with Crippen LogP contribution in [0.2, 0.25) is 0 Å². The van der Waals surface area contributed by atoms with Crippen molar-refractivity contribution in [2.24, 2.45) is 5.10 Å². The van der Waals surface area contributed by atoms with Crippen molar-refractivity contribution in [1.29, 1.82) is 0 Å². The second-order valence-electron chi connectivity index (χ2n) is 5.79. The summed E-state index contributed by atoms with van der Waals surface area (Å²) in [5.74, 6) is 0.914. The highest BCUT2D eigenvalue weighted by Gasteiger charge is 2.07. The van der Waals surface area contributed by atoms with Gasteiger partial charge in [0.15, 0.2) is 6.61 Å². The summed E-state index contributed by atoms with van der Waals surface area (Å²) in [6.07, 6.45) is 2.49. The second kappa shape index (κ2) is 10.1. The minimum atomic E-state index is -0.368. The van der Waals surface area contributed by atoms with Crippen LogP contribution in [0, 0.1) is 7.14 Å². The van der Waals surface area contributed by atoms with Gasteiger partial charge in [-0.25, -0.2) is 5.43 Å². The number of benzene rings is 2. The molecule has 1 unspecified atom stereocenters. The van der Waals surface area contributed by atoms with E-state index in [1.165, 1.54) is 11.8 Å². The number of carbonyl (C=O) groups is 1. The summed E-state index contributed by atoms with van der Waals surface area (Å²) in [6.45, 7) is 4.20. The predicted molar refractivity (Wildman–Crippen MR) is 120 cm³/mol. The molecule has 2 aromatic carbocycles. The molecule has 0 heterocycles. The molecule has 0 aromatic heterocycles. The maximum Gasteiger partial charge on any atom is 0.277 e. The zero-order valence-electron chi connectivity index (χ0n) is 14.5. The maximum absolute atomic E-state index is 11.8. The van der Waals surface area contributed by atoms with E-state index in [0.29, 0.717) is 17.2 Å². The first kappa shape index (κ1) is 20.9. The van der Waals surface area contributed by atoms with Crippen LogP contribution in [0.4, 0.5) is 0 Å². The Morgan fingerprint density at radius 2 is 2.00 bits per heavy atom. The van der Waals surface area contributed by atoms with Gasteiger partial charge in [0.25, 0.3) is 5.91 Å². The lowest BCUT2D eigenvalue weighted by Gasteiger charge is -2.10. The number of rotatable bonds is 7. The minimum Gasteiger partial charge on any atom is -0.506 e. The first-order valence-electron chi connectivity index (χ1n) is 8.13. The van der Waals surface area contributed by atoms with Crippen LogP contribution >= 0.6 is 45.2 Å². The topological polar surface area (TPSA) is 70.9 Å². The molecular formula is C19H20I2N2O3. The molecule has 0 saturated carbocycles. The number of phenolic OH excluding ortho intramolecular Hbond substituents is 1. The second-order valence-corrected chi connectivity index (χ2v) is 8.19. The van der Waals surface area contributed by atoms with E-state index in [0.717, 1.165) is 13.6 Å². The molecule has 0 radical (unpaired) electrons. The molecule has 0 spiro atoms. The number of aromatic hydroxyl groups is 1. The van der Waals surface area contributed by atoms with E-state index < -0.39 is 0 Å². The summed E-state index contributed by atoms with van der Waals surface area (Å²) in [4.78, 5) is 11.8. The van der Waals surface area contributed by atoms with Crippen molar-refractivity contribution in [3.63, 3.8) is 0 Å². The molecule has 2 N–H and O–H groups in total. The lowest BCUT2D eigenvalue weighted by Crippen LogP contribution is -2.24. The van der Waals surface area contributed by atoms with E-state index in [2.05, 4.69) is 47.0 Å². The number of amides is 1. The third kappa shape index (κ3) is 6.11. The Morgan fingerprint density at radius 3 is 2.65 bits per heavy atom. The van der Waals surface area contributed by atoms with Gasteiger partial charge < -0.3 is 9.84 Å². The Bertz CT molecular complexity index is 792. The zero-order valence-corrected chi connectivity index (χ0v) is 18.8. The van der Waals surface area contributed by atoms with Crippen LogP contribution < -0.4 is 10.2 Å². The average Bonchev–Trinajstić information content (AvgIpc) is 2.63. The minimum absolute atomic E-state index is 0.129. The van der Waals surface area contributed by atoms with E-state index in [4.69, 9.17) is 4.74 Å².